The maximum atomic E-state index is 9.52. The largest absolute Gasteiger partial charge is 0.356 e. The topological polar surface area (TPSA) is 56.8 Å². The molecule has 3 nitrogen and oxygen atoms in total. The monoisotopic (exact) mass is 648 g/mol. The number of nitriles is 2. The van der Waals surface area contributed by atoms with Gasteiger partial charge in [-0.1, -0.05) is 112 Å². The molecule has 4 aromatic carbocycles. The number of rotatable bonds is 12. The van der Waals surface area contributed by atoms with Crippen molar-refractivity contribution in [1.82, 2.24) is 0 Å². The average Bonchev–Trinajstić information content (AvgIpc) is 3.17. The van der Waals surface area contributed by atoms with Gasteiger partial charge in [0.2, 0.25) is 0 Å². The molecular weight excluding hydrogens is 597 g/mol. The van der Waals surface area contributed by atoms with Gasteiger partial charge in [-0.25, -0.2) is 0 Å². The number of hydrogen-bond acceptors (Lipinski definition) is 3. The van der Waals surface area contributed by atoms with Gasteiger partial charge in [0.1, 0.15) is 12.2 Å². The van der Waals surface area contributed by atoms with E-state index >= 15 is 0 Å². The maximum Gasteiger partial charge on any atom is 0.109 e. The molecule has 0 heterocycles. The third-order valence-electron chi connectivity index (χ3n) is 11.5. The second-order valence-electron chi connectivity index (χ2n) is 14.7. The average molecular weight is 649 g/mol. The summed E-state index contributed by atoms with van der Waals surface area (Å²) in [6.07, 6.45) is 15.1. The van der Waals surface area contributed by atoms with Crippen LogP contribution in [0.2, 0.25) is 0 Å². The van der Waals surface area contributed by atoms with Crippen LogP contribution in [-0.4, -0.2) is 0 Å². The predicted molar refractivity (Wildman–Crippen MR) is 199 cm³/mol. The van der Waals surface area contributed by atoms with Crippen LogP contribution in [0.4, 0.5) is 0 Å². The molecule has 2 saturated carbocycles. The van der Waals surface area contributed by atoms with Crippen molar-refractivity contribution in [2.45, 2.75) is 115 Å². The number of benzene rings is 4. The lowest BCUT2D eigenvalue weighted by Crippen LogP contribution is -2.15. The highest BCUT2D eigenvalue weighted by Gasteiger charge is 2.27. The van der Waals surface area contributed by atoms with Gasteiger partial charge in [-0.05, 0) is 133 Å². The molecule has 0 bridgehead atoms. The molecule has 0 amide bonds. The number of ether oxygens (including phenoxy) is 1. The Bertz CT molecular complexity index is 1550. The minimum absolute atomic E-state index is 0.337. The summed E-state index contributed by atoms with van der Waals surface area (Å²) in [7, 11) is 0. The zero-order valence-corrected chi connectivity index (χ0v) is 29.5. The molecule has 0 aromatic heterocycles. The van der Waals surface area contributed by atoms with Crippen LogP contribution >= 0.6 is 0 Å². The minimum Gasteiger partial charge on any atom is -0.356 e. The highest BCUT2D eigenvalue weighted by atomic mass is 16.5. The first-order valence-corrected chi connectivity index (χ1v) is 18.9. The zero-order valence-electron chi connectivity index (χ0n) is 29.5. The van der Waals surface area contributed by atoms with Gasteiger partial charge in [0.05, 0.1) is 23.3 Å². The second kappa shape index (κ2) is 17.0. The summed E-state index contributed by atoms with van der Waals surface area (Å²) in [5.41, 5.74) is 8.38. The van der Waals surface area contributed by atoms with E-state index in [2.05, 4.69) is 74.5 Å². The lowest BCUT2D eigenvalue weighted by Gasteiger charge is -2.30. The fraction of sp³-hybridized carbons (Fsp3) is 0.435. The van der Waals surface area contributed by atoms with Crippen LogP contribution in [0.3, 0.4) is 0 Å². The van der Waals surface area contributed by atoms with E-state index in [0.29, 0.717) is 23.0 Å². The van der Waals surface area contributed by atoms with Crippen molar-refractivity contribution in [2.24, 2.45) is 11.8 Å². The molecule has 2 aliphatic carbocycles. The summed E-state index contributed by atoms with van der Waals surface area (Å²) >= 11 is 0. The molecule has 0 radical (unpaired) electrons. The Hall–Kier alpha value is -4.18. The molecule has 6 rings (SSSR count). The normalized spacial score (nSPS) is 22.0. The molecular formula is C46H52N2O. The standard InChI is InChI=1S/C46H52N2O/c1-3-5-33-7-15-37(16-8-33)39-23-27-43(28-24-39)45(41-19-11-35(31-47)12-20-41)49-46(42-21-13-36(32-48)14-22-42)44-29-25-40(26-30-44)38-17-9-34(6-4-2)10-18-38/h11-14,19-30,33-34,37-38,45-46H,3-10,15-18H2,1-2H3/t33-,34-,37-,38-,45?,46?. The highest BCUT2D eigenvalue weighted by Crippen LogP contribution is 2.41. The molecule has 3 heteroatoms. The molecule has 4 aromatic rings. The fourth-order valence-electron chi connectivity index (χ4n) is 8.57. The molecule has 0 saturated heterocycles. The van der Waals surface area contributed by atoms with Crippen molar-refractivity contribution < 1.29 is 4.74 Å². The maximum absolute atomic E-state index is 9.52. The minimum atomic E-state index is -0.337. The van der Waals surface area contributed by atoms with Crippen LogP contribution in [0, 0.1) is 34.5 Å². The van der Waals surface area contributed by atoms with Crippen molar-refractivity contribution in [3.8, 4) is 12.1 Å². The van der Waals surface area contributed by atoms with Crippen LogP contribution in [0.15, 0.2) is 97.1 Å². The van der Waals surface area contributed by atoms with Crippen LogP contribution < -0.4 is 0 Å². The van der Waals surface area contributed by atoms with Crippen LogP contribution in [0.1, 0.15) is 159 Å². The number of nitrogens with zero attached hydrogens (tertiary/aromatic N) is 2. The summed E-state index contributed by atoms with van der Waals surface area (Å²) in [5, 5.41) is 19.0. The Labute approximate surface area is 295 Å². The van der Waals surface area contributed by atoms with Crippen molar-refractivity contribution in [2.75, 3.05) is 0 Å². The molecule has 0 N–H and O–H groups in total. The van der Waals surface area contributed by atoms with Crippen LogP contribution in [-0.2, 0) is 4.74 Å². The second-order valence-corrected chi connectivity index (χ2v) is 14.7. The molecule has 49 heavy (non-hydrogen) atoms. The first-order chi connectivity index (χ1) is 24.1. The molecule has 0 aliphatic heterocycles. The smallest absolute Gasteiger partial charge is 0.109 e. The summed E-state index contributed by atoms with van der Waals surface area (Å²) in [4.78, 5) is 0. The van der Waals surface area contributed by atoms with E-state index in [4.69, 9.17) is 4.74 Å². The molecule has 2 unspecified atom stereocenters. The first-order valence-electron chi connectivity index (χ1n) is 18.9. The van der Waals surface area contributed by atoms with Crippen molar-refractivity contribution in [1.29, 1.82) is 10.5 Å². The Morgan fingerprint density at radius 1 is 0.490 bits per heavy atom. The molecule has 252 valence electrons. The Morgan fingerprint density at radius 3 is 1.08 bits per heavy atom. The SMILES string of the molecule is CCC[C@H]1CC[C@H](c2ccc(C(OC(c3ccc(C#N)cc3)c3ccc([C@H]4CC[C@H](CCC)CC4)cc3)c3ccc(C#N)cc3)cc2)CC1. The number of hydrogen-bond donors (Lipinski definition) is 0. The van der Waals surface area contributed by atoms with Gasteiger partial charge in [0, 0.05) is 0 Å². The van der Waals surface area contributed by atoms with E-state index in [1.807, 2.05) is 48.5 Å². The zero-order chi connectivity index (χ0) is 34.0. The van der Waals surface area contributed by atoms with E-state index in [-0.39, 0.29) is 12.2 Å². The Kier molecular flexibility index (Phi) is 12.0. The van der Waals surface area contributed by atoms with Gasteiger partial charge in [0.25, 0.3) is 0 Å². The third-order valence-corrected chi connectivity index (χ3v) is 11.5. The summed E-state index contributed by atoms with van der Waals surface area (Å²) in [6, 6.07) is 38.5. The van der Waals surface area contributed by atoms with Crippen molar-refractivity contribution in [3.05, 3.63) is 142 Å². The van der Waals surface area contributed by atoms with Gasteiger partial charge >= 0.3 is 0 Å². The van der Waals surface area contributed by atoms with E-state index in [1.165, 1.54) is 88.2 Å². The van der Waals surface area contributed by atoms with E-state index in [0.717, 1.165) is 34.1 Å². The predicted octanol–water partition coefficient (Wildman–Crippen LogP) is 12.5. The van der Waals surface area contributed by atoms with Gasteiger partial charge in [-0.15, -0.1) is 0 Å². The van der Waals surface area contributed by atoms with E-state index in [9.17, 15) is 10.5 Å². The molecule has 2 atom stereocenters. The summed E-state index contributed by atoms with van der Waals surface area (Å²) < 4.78 is 7.23. The molecule has 2 aliphatic rings. The van der Waals surface area contributed by atoms with E-state index < -0.39 is 0 Å². The van der Waals surface area contributed by atoms with Gasteiger partial charge in [-0.2, -0.15) is 10.5 Å². The first kappa shape index (κ1) is 34.7. The Balaban J connectivity index is 1.29. The van der Waals surface area contributed by atoms with Crippen molar-refractivity contribution in [3.63, 3.8) is 0 Å². The van der Waals surface area contributed by atoms with Crippen LogP contribution in [0.5, 0.6) is 0 Å². The fourth-order valence-corrected chi connectivity index (χ4v) is 8.57. The Morgan fingerprint density at radius 2 is 0.796 bits per heavy atom. The van der Waals surface area contributed by atoms with Gasteiger partial charge in [0.15, 0.2) is 0 Å². The van der Waals surface area contributed by atoms with Gasteiger partial charge < -0.3 is 4.74 Å². The molecule has 0 spiro atoms. The lowest BCUT2D eigenvalue weighted by atomic mass is 9.77. The van der Waals surface area contributed by atoms with Crippen LogP contribution in [0.25, 0.3) is 0 Å². The summed E-state index contributed by atoms with van der Waals surface area (Å²) in [6.45, 7) is 4.61. The van der Waals surface area contributed by atoms with Gasteiger partial charge in [-0.3, -0.25) is 0 Å². The highest BCUT2D eigenvalue weighted by molar-refractivity contribution is 5.41. The lowest BCUT2D eigenvalue weighted by molar-refractivity contribution is 0.0308. The third kappa shape index (κ3) is 8.71. The summed E-state index contributed by atoms with van der Waals surface area (Å²) in [5.74, 6) is 3.04. The quantitative estimate of drug-likeness (QED) is 0.154. The molecule has 2 fully saturated rings. The van der Waals surface area contributed by atoms with E-state index in [1.54, 1.807) is 0 Å². The van der Waals surface area contributed by atoms with Crippen molar-refractivity contribution >= 4 is 0 Å².